The smallest absolute Gasteiger partial charge is 0.310 e. The molecule has 11 heteroatoms. The zero-order chi connectivity index (χ0) is 12.5. The van der Waals surface area contributed by atoms with Crippen LogP contribution in [0, 0.1) is 0 Å². The zero-order valence-corrected chi connectivity index (χ0v) is 8.87. The molecule has 0 saturated heterocycles. The van der Waals surface area contributed by atoms with Crippen molar-refractivity contribution in [3.05, 3.63) is 10.4 Å². The Labute approximate surface area is 97.0 Å². The van der Waals surface area contributed by atoms with Gasteiger partial charge in [-0.25, -0.2) is 9.26 Å². The molecule has 2 N–H and O–H groups in total. The van der Waals surface area contributed by atoms with E-state index in [1.54, 1.807) is 7.05 Å². The van der Waals surface area contributed by atoms with Crippen LogP contribution in [0.25, 0.3) is 22.8 Å². The maximum Gasteiger partial charge on any atom is 0.310 e. The normalized spacial score (nSPS) is 10.7. The number of rotatable bonds is 3. The first-order valence-corrected chi connectivity index (χ1v) is 4.69. The number of nitrogens with one attached hydrogen (secondary N) is 2. The second kappa shape index (κ2) is 3.80. The number of nitrogens with zero attached hydrogens (tertiary/aromatic N) is 5. The lowest BCUT2D eigenvalue weighted by molar-refractivity contribution is 0.301. The van der Waals surface area contributed by atoms with Crippen molar-refractivity contribution in [3.8, 4) is 22.8 Å². The molecular weight excluding hydrogens is 246 g/mol. The second-order valence-corrected chi connectivity index (χ2v) is 3.14. The first-order valence-electron chi connectivity index (χ1n) is 4.69. The monoisotopic (exact) mass is 251 g/mol. The first-order chi connectivity index (χ1) is 8.81. The van der Waals surface area contributed by atoms with Crippen LogP contribution in [0.15, 0.2) is 18.7 Å². The molecule has 3 rings (SSSR count). The minimum absolute atomic E-state index is 0.0729. The van der Waals surface area contributed by atoms with Crippen molar-refractivity contribution in [2.24, 2.45) is 0 Å². The molecule has 0 unspecified atom stereocenters. The highest BCUT2D eigenvalue weighted by Gasteiger charge is 2.25. The van der Waals surface area contributed by atoms with Crippen molar-refractivity contribution in [1.29, 1.82) is 0 Å². The Hall–Kier alpha value is -2.98. The van der Waals surface area contributed by atoms with Gasteiger partial charge in [-0.15, -0.1) is 0 Å². The van der Waals surface area contributed by atoms with Crippen LogP contribution < -0.4 is 10.9 Å². The third-order valence-corrected chi connectivity index (χ3v) is 2.15. The first kappa shape index (κ1) is 10.2. The van der Waals surface area contributed by atoms with E-state index in [1.165, 1.54) is 0 Å². The van der Waals surface area contributed by atoms with Crippen molar-refractivity contribution < 1.29 is 13.9 Å². The zero-order valence-electron chi connectivity index (χ0n) is 8.87. The summed E-state index contributed by atoms with van der Waals surface area (Å²) in [5.74, 6) is 0.326. The molecule has 0 saturated carbocycles. The third kappa shape index (κ3) is 1.37. The van der Waals surface area contributed by atoms with Gasteiger partial charge in [0.2, 0.25) is 11.5 Å². The third-order valence-electron chi connectivity index (χ3n) is 2.15. The van der Waals surface area contributed by atoms with Gasteiger partial charge in [-0.05, 0) is 25.8 Å². The molecule has 0 aliphatic heterocycles. The predicted octanol–water partition coefficient (Wildman–Crippen LogP) is -0.495. The molecule has 3 aromatic heterocycles. The van der Waals surface area contributed by atoms with Gasteiger partial charge in [-0.2, -0.15) is 5.16 Å². The van der Waals surface area contributed by atoms with Crippen LogP contribution in [-0.4, -0.2) is 38.0 Å². The summed E-state index contributed by atoms with van der Waals surface area (Å²) in [6, 6.07) is 0. The summed E-state index contributed by atoms with van der Waals surface area (Å²) in [5, 5.41) is 22.7. The lowest BCUT2D eigenvalue weighted by Gasteiger charge is -1.93. The fourth-order valence-electron chi connectivity index (χ4n) is 1.36. The maximum absolute atomic E-state index is 11.4. The van der Waals surface area contributed by atoms with Crippen LogP contribution in [0.1, 0.15) is 0 Å². The van der Waals surface area contributed by atoms with E-state index >= 15 is 0 Å². The number of hydrogen-bond donors (Lipinski definition) is 2. The van der Waals surface area contributed by atoms with Gasteiger partial charge in [0.15, 0.2) is 17.1 Å². The predicted molar refractivity (Wildman–Crippen MR) is 53.3 cm³/mol. The van der Waals surface area contributed by atoms with E-state index in [9.17, 15) is 4.79 Å². The quantitative estimate of drug-likeness (QED) is 0.623. The van der Waals surface area contributed by atoms with Crippen LogP contribution in [-0.2, 0) is 0 Å². The fourth-order valence-corrected chi connectivity index (χ4v) is 1.36. The maximum atomic E-state index is 11.4. The Kier molecular flexibility index (Phi) is 2.15. The molecule has 18 heavy (non-hydrogen) atoms. The summed E-state index contributed by atoms with van der Waals surface area (Å²) in [6.07, 6.45) is 0. The van der Waals surface area contributed by atoms with E-state index in [4.69, 9.17) is 0 Å². The van der Waals surface area contributed by atoms with Gasteiger partial charge < -0.3 is 5.32 Å². The standard InChI is InChI=1S/C7H5N7O4/c1-8-6-4(11-17-13-6)2-3(10-16-9-2)5-7(15)14-18-12-5/h1H3,(H,8,13)(H,14,15). The van der Waals surface area contributed by atoms with E-state index in [-0.39, 0.29) is 22.8 Å². The molecule has 0 fully saturated rings. The molecule has 0 spiro atoms. The van der Waals surface area contributed by atoms with Crippen molar-refractivity contribution >= 4 is 5.82 Å². The molecule has 0 bridgehead atoms. The molecular formula is C7H5N7O4. The van der Waals surface area contributed by atoms with Crippen molar-refractivity contribution in [1.82, 2.24) is 30.9 Å². The molecule has 0 aliphatic carbocycles. The van der Waals surface area contributed by atoms with Crippen LogP contribution >= 0.6 is 0 Å². The van der Waals surface area contributed by atoms with E-state index in [0.717, 1.165) is 0 Å². The van der Waals surface area contributed by atoms with Crippen LogP contribution in [0.4, 0.5) is 5.82 Å². The lowest BCUT2D eigenvalue weighted by Crippen LogP contribution is -2.03. The molecule has 0 amide bonds. The van der Waals surface area contributed by atoms with E-state index in [2.05, 4.69) is 45.0 Å². The van der Waals surface area contributed by atoms with Gasteiger partial charge in [0.25, 0.3) is 0 Å². The average molecular weight is 251 g/mol. The summed E-state index contributed by atoms with van der Waals surface area (Å²) >= 11 is 0. The van der Waals surface area contributed by atoms with Gasteiger partial charge in [0.1, 0.15) is 0 Å². The highest BCUT2D eigenvalue weighted by atomic mass is 16.6. The van der Waals surface area contributed by atoms with Crippen molar-refractivity contribution in [3.63, 3.8) is 0 Å². The Bertz CT molecular complexity index is 722. The Morgan fingerprint density at radius 3 is 2.28 bits per heavy atom. The van der Waals surface area contributed by atoms with Crippen LogP contribution in [0.5, 0.6) is 0 Å². The topological polar surface area (TPSA) is 149 Å². The molecule has 0 atom stereocenters. The van der Waals surface area contributed by atoms with Gasteiger partial charge >= 0.3 is 5.56 Å². The minimum atomic E-state index is -0.561. The Balaban J connectivity index is 2.19. The second-order valence-electron chi connectivity index (χ2n) is 3.14. The summed E-state index contributed by atoms with van der Waals surface area (Å²) < 4.78 is 13.6. The van der Waals surface area contributed by atoms with Crippen molar-refractivity contribution in [2.75, 3.05) is 12.4 Å². The van der Waals surface area contributed by atoms with Crippen molar-refractivity contribution in [2.45, 2.75) is 0 Å². The Morgan fingerprint density at radius 1 is 0.944 bits per heavy atom. The molecule has 0 aromatic carbocycles. The molecule has 92 valence electrons. The number of hydrogen-bond acceptors (Lipinski definition) is 10. The van der Waals surface area contributed by atoms with E-state index in [1.807, 2.05) is 5.16 Å². The number of H-pyrrole nitrogens is 1. The summed E-state index contributed by atoms with van der Waals surface area (Å²) in [7, 11) is 1.62. The lowest BCUT2D eigenvalue weighted by atomic mass is 10.2. The van der Waals surface area contributed by atoms with Crippen LogP contribution in [0.2, 0.25) is 0 Å². The fraction of sp³-hybridized carbons (Fsp3) is 0.143. The highest BCUT2D eigenvalue weighted by molar-refractivity contribution is 5.78. The summed E-state index contributed by atoms with van der Waals surface area (Å²) in [6.45, 7) is 0. The average Bonchev–Trinajstić information content (AvgIpc) is 3.06. The summed E-state index contributed by atoms with van der Waals surface area (Å²) in [4.78, 5) is 11.4. The molecule has 0 aliphatic rings. The molecule has 0 radical (unpaired) electrons. The summed E-state index contributed by atoms with van der Waals surface area (Å²) in [5.41, 5.74) is -0.140. The SMILES string of the molecule is CNc1nonc1-c1nonc1-c1no[nH]c1=O. The van der Waals surface area contributed by atoms with Gasteiger partial charge in [-0.3, -0.25) is 9.42 Å². The van der Waals surface area contributed by atoms with E-state index in [0.29, 0.717) is 5.82 Å². The number of aromatic nitrogens is 6. The number of anilines is 1. The van der Waals surface area contributed by atoms with Gasteiger partial charge in [0.05, 0.1) is 0 Å². The minimum Gasteiger partial charge on any atom is -0.368 e. The largest absolute Gasteiger partial charge is 0.368 e. The Morgan fingerprint density at radius 2 is 1.61 bits per heavy atom. The van der Waals surface area contributed by atoms with Gasteiger partial charge in [0, 0.05) is 7.05 Å². The highest BCUT2D eigenvalue weighted by Crippen LogP contribution is 2.28. The number of aromatic amines is 1. The van der Waals surface area contributed by atoms with Crippen LogP contribution in [0.3, 0.4) is 0 Å². The molecule has 11 nitrogen and oxygen atoms in total. The van der Waals surface area contributed by atoms with Gasteiger partial charge in [-0.1, -0.05) is 0 Å². The van der Waals surface area contributed by atoms with E-state index < -0.39 is 5.56 Å². The molecule has 3 heterocycles. The molecule has 3 aromatic rings.